The van der Waals surface area contributed by atoms with Gasteiger partial charge in [0.1, 0.15) is 5.60 Å². The molecular weight excluding hydrogens is 232 g/mol. The molecule has 0 spiro atoms. The maximum absolute atomic E-state index is 9.19. The molecule has 0 aromatic heterocycles. The molecule has 1 aromatic carbocycles. The van der Waals surface area contributed by atoms with Gasteiger partial charge >= 0.3 is 0 Å². The Morgan fingerprint density at radius 2 is 2.23 bits per heavy atom. The van der Waals surface area contributed by atoms with Crippen LogP contribution in [0.2, 0.25) is 0 Å². The number of aliphatic hydroxyl groups is 1. The third-order valence-electron chi connectivity index (χ3n) is 2.19. The zero-order valence-corrected chi connectivity index (χ0v) is 9.34. The molecule has 1 rings (SSSR count). The molecule has 0 bridgehead atoms. The topological polar surface area (TPSA) is 29.5 Å². The summed E-state index contributed by atoms with van der Waals surface area (Å²) in [4.78, 5) is 0. The molecule has 0 radical (unpaired) electrons. The van der Waals surface area contributed by atoms with E-state index in [9.17, 15) is 5.11 Å². The van der Waals surface area contributed by atoms with Crippen molar-refractivity contribution in [2.24, 2.45) is 0 Å². The Kier molecular flexibility index (Phi) is 3.47. The highest BCUT2D eigenvalue weighted by Gasteiger charge is 2.24. The monoisotopic (exact) mass is 244 g/mol. The molecule has 0 aliphatic rings. The molecule has 72 valence electrons. The summed E-state index contributed by atoms with van der Waals surface area (Å²) in [6.45, 7) is 1.83. The van der Waals surface area contributed by atoms with Crippen molar-refractivity contribution in [2.45, 2.75) is 12.5 Å². The number of halogens is 1. The molecule has 0 saturated carbocycles. The van der Waals surface area contributed by atoms with Crippen LogP contribution in [-0.2, 0) is 10.3 Å². The Labute approximate surface area is 86.7 Å². The summed E-state index contributed by atoms with van der Waals surface area (Å²) in [5, 5.41) is 9.19. The second-order valence-electron chi connectivity index (χ2n) is 3.10. The molecule has 0 heterocycles. The molecular formula is C10H13BrO2. The Morgan fingerprint density at radius 1 is 1.54 bits per heavy atom. The fourth-order valence-corrected chi connectivity index (χ4v) is 1.49. The van der Waals surface area contributed by atoms with Crippen molar-refractivity contribution in [3.05, 3.63) is 34.3 Å². The number of rotatable bonds is 3. The van der Waals surface area contributed by atoms with Crippen molar-refractivity contribution in [3.8, 4) is 0 Å². The van der Waals surface area contributed by atoms with Crippen LogP contribution >= 0.6 is 15.9 Å². The number of hydrogen-bond acceptors (Lipinski definition) is 2. The largest absolute Gasteiger partial charge is 0.393 e. The van der Waals surface area contributed by atoms with E-state index in [-0.39, 0.29) is 6.61 Å². The molecule has 0 saturated heterocycles. The van der Waals surface area contributed by atoms with Gasteiger partial charge in [0.2, 0.25) is 0 Å². The van der Waals surface area contributed by atoms with Crippen molar-refractivity contribution in [1.82, 2.24) is 0 Å². The minimum atomic E-state index is -0.607. The van der Waals surface area contributed by atoms with Crippen LogP contribution in [0.1, 0.15) is 12.5 Å². The van der Waals surface area contributed by atoms with Crippen LogP contribution in [0.4, 0.5) is 0 Å². The lowest BCUT2D eigenvalue weighted by molar-refractivity contribution is -0.0422. The Bertz CT molecular complexity index is 282. The summed E-state index contributed by atoms with van der Waals surface area (Å²) in [6, 6.07) is 7.74. The summed E-state index contributed by atoms with van der Waals surface area (Å²) in [5.41, 5.74) is 0.357. The van der Waals surface area contributed by atoms with Gasteiger partial charge in [-0.05, 0) is 24.6 Å². The van der Waals surface area contributed by atoms with Crippen molar-refractivity contribution in [3.63, 3.8) is 0 Å². The summed E-state index contributed by atoms with van der Waals surface area (Å²) in [5.74, 6) is 0. The normalized spacial score (nSPS) is 15.4. The minimum absolute atomic E-state index is 0.0278. The zero-order chi connectivity index (χ0) is 9.90. The SMILES string of the molecule is COC(C)(CO)c1cccc(Br)c1. The molecule has 0 fully saturated rings. The number of ether oxygens (including phenoxy) is 1. The highest BCUT2D eigenvalue weighted by atomic mass is 79.9. The van der Waals surface area contributed by atoms with Gasteiger partial charge in [0, 0.05) is 11.6 Å². The average Bonchev–Trinajstić information content (AvgIpc) is 2.17. The van der Waals surface area contributed by atoms with Crippen LogP contribution in [0.25, 0.3) is 0 Å². The molecule has 0 amide bonds. The third-order valence-corrected chi connectivity index (χ3v) is 2.68. The highest BCUT2D eigenvalue weighted by Crippen LogP contribution is 2.26. The van der Waals surface area contributed by atoms with Crippen LogP contribution in [0, 0.1) is 0 Å². The Hall–Kier alpha value is -0.380. The summed E-state index contributed by atoms with van der Waals surface area (Å²) < 4.78 is 6.24. The molecule has 0 aliphatic carbocycles. The lowest BCUT2D eigenvalue weighted by Gasteiger charge is -2.26. The minimum Gasteiger partial charge on any atom is -0.393 e. The van der Waals surface area contributed by atoms with E-state index in [0.29, 0.717) is 0 Å². The Balaban J connectivity index is 3.05. The van der Waals surface area contributed by atoms with Crippen molar-refractivity contribution >= 4 is 15.9 Å². The fraction of sp³-hybridized carbons (Fsp3) is 0.400. The average molecular weight is 245 g/mol. The van der Waals surface area contributed by atoms with E-state index in [0.717, 1.165) is 10.0 Å². The standard InChI is InChI=1S/C10H13BrO2/c1-10(7-12,13-2)8-4-3-5-9(11)6-8/h3-6,12H,7H2,1-2H3. The third kappa shape index (κ3) is 2.30. The van der Waals surface area contributed by atoms with Gasteiger partial charge in [0.05, 0.1) is 6.61 Å². The predicted molar refractivity (Wildman–Crippen MR) is 55.6 cm³/mol. The van der Waals surface area contributed by atoms with E-state index < -0.39 is 5.60 Å². The summed E-state index contributed by atoms with van der Waals surface area (Å²) in [7, 11) is 1.59. The van der Waals surface area contributed by atoms with E-state index >= 15 is 0 Å². The first kappa shape index (κ1) is 10.7. The van der Waals surface area contributed by atoms with Crippen LogP contribution in [0.3, 0.4) is 0 Å². The second-order valence-corrected chi connectivity index (χ2v) is 4.02. The lowest BCUT2D eigenvalue weighted by Crippen LogP contribution is -2.28. The number of aliphatic hydroxyl groups excluding tert-OH is 1. The zero-order valence-electron chi connectivity index (χ0n) is 7.75. The van der Waals surface area contributed by atoms with Crippen LogP contribution in [0.15, 0.2) is 28.7 Å². The first-order valence-electron chi connectivity index (χ1n) is 4.04. The van der Waals surface area contributed by atoms with Gasteiger partial charge in [0.25, 0.3) is 0 Å². The van der Waals surface area contributed by atoms with E-state index in [1.165, 1.54) is 0 Å². The predicted octanol–water partition coefficient (Wildman–Crippen LogP) is 2.30. The highest BCUT2D eigenvalue weighted by molar-refractivity contribution is 9.10. The quantitative estimate of drug-likeness (QED) is 0.885. The van der Waals surface area contributed by atoms with Gasteiger partial charge < -0.3 is 9.84 Å². The molecule has 0 aliphatic heterocycles. The number of benzene rings is 1. The van der Waals surface area contributed by atoms with E-state index in [1.807, 2.05) is 31.2 Å². The molecule has 3 heteroatoms. The van der Waals surface area contributed by atoms with Crippen molar-refractivity contribution in [1.29, 1.82) is 0 Å². The van der Waals surface area contributed by atoms with Crippen molar-refractivity contribution < 1.29 is 9.84 Å². The van der Waals surface area contributed by atoms with Gasteiger partial charge in [-0.25, -0.2) is 0 Å². The smallest absolute Gasteiger partial charge is 0.113 e. The van der Waals surface area contributed by atoms with E-state index in [2.05, 4.69) is 15.9 Å². The van der Waals surface area contributed by atoms with Gasteiger partial charge in [-0.1, -0.05) is 28.1 Å². The van der Waals surface area contributed by atoms with E-state index in [4.69, 9.17) is 4.74 Å². The van der Waals surface area contributed by atoms with Crippen molar-refractivity contribution in [2.75, 3.05) is 13.7 Å². The fourth-order valence-electron chi connectivity index (χ4n) is 1.09. The maximum atomic E-state index is 9.19. The van der Waals surface area contributed by atoms with Gasteiger partial charge in [-0.2, -0.15) is 0 Å². The van der Waals surface area contributed by atoms with Crippen LogP contribution in [-0.4, -0.2) is 18.8 Å². The first-order chi connectivity index (χ1) is 6.12. The second kappa shape index (κ2) is 4.22. The maximum Gasteiger partial charge on any atom is 0.113 e. The van der Waals surface area contributed by atoms with Crippen LogP contribution in [0.5, 0.6) is 0 Å². The van der Waals surface area contributed by atoms with Gasteiger partial charge in [-0.15, -0.1) is 0 Å². The molecule has 1 atom stereocenters. The first-order valence-corrected chi connectivity index (χ1v) is 4.84. The van der Waals surface area contributed by atoms with Crippen LogP contribution < -0.4 is 0 Å². The molecule has 1 aromatic rings. The number of hydrogen-bond donors (Lipinski definition) is 1. The number of methoxy groups -OCH3 is 1. The lowest BCUT2D eigenvalue weighted by atomic mass is 9.97. The summed E-state index contributed by atoms with van der Waals surface area (Å²) in [6.07, 6.45) is 0. The Morgan fingerprint density at radius 3 is 2.69 bits per heavy atom. The summed E-state index contributed by atoms with van der Waals surface area (Å²) >= 11 is 3.38. The molecule has 1 N–H and O–H groups in total. The molecule has 1 unspecified atom stereocenters. The van der Waals surface area contributed by atoms with Gasteiger partial charge in [-0.3, -0.25) is 0 Å². The molecule has 2 nitrogen and oxygen atoms in total. The molecule has 13 heavy (non-hydrogen) atoms. The van der Waals surface area contributed by atoms with E-state index in [1.54, 1.807) is 7.11 Å². The van der Waals surface area contributed by atoms with Gasteiger partial charge in [0.15, 0.2) is 0 Å².